The summed E-state index contributed by atoms with van der Waals surface area (Å²) >= 11 is 0. The van der Waals surface area contributed by atoms with Crippen molar-refractivity contribution in [1.82, 2.24) is 24.8 Å². The number of anilines is 1. The maximum absolute atomic E-state index is 12.4. The lowest BCUT2D eigenvalue weighted by Gasteiger charge is -2.19. The van der Waals surface area contributed by atoms with Crippen LogP contribution in [-0.2, 0) is 11.3 Å². The van der Waals surface area contributed by atoms with E-state index in [0.29, 0.717) is 12.5 Å². The lowest BCUT2D eigenvalue weighted by Crippen LogP contribution is -2.29. The molecule has 0 fully saturated rings. The van der Waals surface area contributed by atoms with Crippen LogP contribution in [-0.4, -0.2) is 39.5 Å². The van der Waals surface area contributed by atoms with E-state index in [4.69, 9.17) is 0 Å². The number of rotatable bonds is 7. The Kier molecular flexibility index (Phi) is 5.94. The number of nitrogens with zero attached hydrogens (tertiary/aromatic N) is 5. The second-order valence-electron chi connectivity index (χ2n) is 6.28. The molecule has 27 heavy (non-hydrogen) atoms. The first-order chi connectivity index (χ1) is 13.1. The van der Waals surface area contributed by atoms with E-state index in [-0.39, 0.29) is 11.9 Å². The molecule has 1 amide bonds. The summed E-state index contributed by atoms with van der Waals surface area (Å²) in [6.07, 6.45) is 11.9. The average molecular weight is 362 g/mol. The first-order valence-corrected chi connectivity index (χ1v) is 8.60. The minimum atomic E-state index is -0.180. The van der Waals surface area contributed by atoms with Gasteiger partial charge in [0.15, 0.2) is 0 Å². The molecule has 1 aromatic carbocycles. The van der Waals surface area contributed by atoms with E-state index in [9.17, 15) is 4.79 Å². The Labute approximate surface area is 158 Å². The highest BCUT2D eigenvalue weighted by molar-refractivity contribution is 5.91. The number of nitrogens with one attached hydrogen (secondary N) is 1. The molecule has 7 heteroatoms. The summed E-state index contributed by atoms with van der Waals surface area (Å²) < 4.78 is 1.94. The number of amides is 1. The van der Waals surface area contributed by atoms with E-state index >= 15 is 0 Å². The van der Waals surface area contributed by atoms with Crippen LogP contribution < -0.4 is 10.2 Å². The molecule has 3 rings (SSSR count). The summed E-state index contributed by atoms with van der Waals surface area (Å²) in [7, 11) is 3.75. The number of benzene rings is 1. The molecule has 0 bridgehead atoms. The van der Waals surface area contributed by atoms with E-state index in [1.807, 2.05) is 60.1 Å². The summed E-state index contributed by atoms with van der Waals surface area (Å²) in [5.74, 6) is 0.446. The second kappa shape index (κ2) is 8.75. The van der Waals surface area contributed by atoms with Crippen molar-refractivity contribution in [3.8, 4) is 0 Å². The molecule has 7 nitrogen and oxygen atoms in total. The van der Waals surface area contributed by atoms with Crippen molar-refractivity contribution < 1.29 is 4.79 Å². The van der Waals surface area contributed by atoms with Gasteiger partial charge < -0.3 is 14.8 Å². The number of carbonyl (C=O) groups is 1. The van der Waals surface area contributed by atoms with Crippen molar-refractivity contribution in [2.45, 2.75) is 12.6 Å². The molecule has 1 atom stereocenters. The molecular formula is C20H22N6O. The molecule has 2 aromatic heterocycles. The molecule has 138 valence electrons. The zero-order valence-corrected chi connectivity index (χ0v) is 15.4. The summed E-state index contributed by atoms with van der Waals surface area (Å²) in [5, 5.41) is 3.05. The molecular weight excluding hydrogens is 340 g/mol. The van der Waals surface area contributed by atoms with Crippen molar-refractivity contribution in [3.63, 3.8) is 0 Å². The number of imidazole rings is 1. The Morgan fingerprint density at radius 2 is 1.96 bits per heavy atom. The molecule has 3 aromatic rings. The van der Waals surface area contributed by atoms with Gasteiger partial charge in [0, 0.05) is 57.1 Å². The van der Waals surface area contributed by atoms with Crippen LogP contribution in [0.25, 0.3) is 6.08 Å². The Balaban J connectivity index is 1.68. The van der Waals surface area contributed by atoms with Crippen LogP contribution in [0.3, 0.4) is 0 Å². The topological polar surface area (TPSA) is 75.9 Å². The Morgan fingerprint density at radius 1 is 1.22 bits per heavy atom. The van der Waals surface area contributed by atoms with E-state index in [0.717, 1.165) is 11.1 Å². The lowest BCUT2D eigenvalue weighted by molar-refractivity contribution is -0.117. The first kappa shape index (κ1) is 18.3. The predicted octanol–water partition coefficient (Wildman–Crippen LogP) is 2.31. The monoisotopic (exact) mass is 362 g/mol. The molecule has 1 N–H and O–H groups in total. The number of carbonyl (C=O) groups excluding carboxylic acids is 1. The van der Waals surface area contributed by atoms with Crippen LogP contribution in [0.2, 0.25) is 0 Å². The third-order valence-electron chi connectivity index (χ3n) is 3.96. The molecule has 0 aliphatic heterocycles. The highest BCUT2D eigenvalue weighted by atomic mass is 16.1. The van der Waals surface area contributed by atoms with E-state index in [1.54, 1.807) is 31.0 Å². The lowest BCUT2D eigenvalue weighted by atomic mass is 10.1. The Bertz CT molecular complexity index is 873. The zero-order chi connectivity index (χ0) is 19.1. The molecule has 0 aliphatic carbocycles. The van der Waals surface area contributed by atoms with Crippen LogP contribution in [0.1, 0.15) is 17.2 Å². The fourth-order valence-corrected chi connectivity index (χ4v) is 2.57. The van der Waals surface area contributed by atoms with Gasteiger partial charge >= 0.3 is 0 Å². The van der Waals surface area contributed by atoms with Gasteiger partial charge in [0.05, 0.1) is 12.4 Å². The van der Waals surface area contributed by atoms with Crippen LogP contribution in [0.5, 0.6) is 0 Å². The molecule has 0 aliphatic rings. The smallest absolute Gasteiger partial charge is 0.244 e. The largest absolute Gasteiger partial charge is 0.347 e. The first-order valence-electron chi connectivity index (χ1n) is 8.60. The van der Waals surface area contributed by atoms with Crippen molar-refractivity contribution in [1.29, 1.82) is 0 Å². The highest BCUT2D eigenvalue weighted by Gasteiger charge is 2.13. The Morgan fingerprint density at radius 3 is 2.59 bits per heavy atom. The van der Waals surface area contributed by atoms with Crippen molar-refractivity contribution in [3.05, 3.63) is 78.6 Å². The van der Waals surface area contributed by atoms with Gasteiger partial charge in [0.25, 0.3) is 0 Å². The van der Waals surface area contributed by atoms with Crippen LogP contribution in [0.4, 0.5) is 5.95 Å². The second-order valence-corrected chi connectivity index (χ2v) is 6.28. The molecule has 2 heterocycles. The molecule has 0 radical (unpaired) electrons. The summed E-state index contributed by atoms with van der Waals surface area (Å²) in [5.41, 5.74) is 1.80. The van der Waals surface area contributed by atoms with Gasteiger partial charge in [-0.25, -0.2) is 15.0 Å². The van der Waals surface area contributed by atoms with Gasteiger partial charge in [-0.05, 0) is 11.6 Å². The standard InChI is InChI=1S/C20H22N6O/c1-25(2)20-22-12-16(13-23-20)8-9-19(27)24-18(14-26-11-10-21-15-26)17-6-4-3-5-7-17/h3-13,15,18H,14H2,1-2H3,(H,24,27)/b9-8+. The van der Waals surface area contributed by atoms with E-state index in [1.165, 1.54) is 6.08 Å². The van der Waals surface area contributed by atoms with E-state index < -0.39 is 0 Å². The van der Waals surface area contributed by atoms with Crippen molar-refractivity contribution in [2.24, 2.45) is 0 Å². The van der Waals surface area contributed by atoms with E-state index in [2.05, 4.69) is 20.3 Å². The maximum Gasteiger partial charge on any atom is 0.244 e. The van der Waals surface area contributed by atoms with Gasteiger partial charge in [-0.1, -0.05) is 30.3 Å². The van der Waals surface area contributed by atoms with Gasteiger partial charge in [0.1, 0.15) is 0 Å². The van der Waals surface area contributed by atoms with Gasteiger partial charge in [-0.2, -0.15) is 0 Å². The Hall–Kier alpha value is -3.48. The van der Waals surface area contributed by atoms with Gasteiger partial charge in [-0.3, -0.25) is 4.79 Å². The van der Waals surface area contributed by atoms with Gasteiger partial charge in [-0.15, -0.1) is 0 Å². The quantitative estimate of drug-likeness (QED) is 0.653. The summed E-state index contributed by atoms with van der Waals surface area (Å²) in [6.45, 7) is 0.601. The van der Waals surface area contributed by atoms with Crippen LogP contribution in [0.15, 0.2) is 67.5 Å². The molecule has 1 unspecified atom stereocenters. The van der Waals surface area contributed by atoms with Crippen LogP contribution in [0, 0.1) is 0 Å². The SMILES string of the molecule is CN(C)c1ncc(/C=C/C(=O)NC(Cn2ccnc2)c2ccccc2)cn1. The average Bonchev–Trinajstić information content (AvgIpc) is 3.20. The third-order valence-corrected chi connectivity index (χ3v) is 3.96. The van der Waals surface area contributed by atoms with Crippen molar-refractivity contribution in [2.75, 3.05) is 19.0 Å². The van der Waals surface area contributed by atoms with Crippen molar-refractivity contribution >= 4 is 17.9 Å². The molecule has 0 saturated carbocycles. The highest BCUT2D eigenvalue weighted by Crippen LogP contribution is 2.15. The van der Waals surface area contributed by atoms with Crippen LogP contribution >= 0.6 is 0 Å². The number of hydrogen-bond donors (Lipinski definition) is 1. The predicted molar refractivity (Wildman–Crippen MR) is 105 cm³/mol. The summed E-state index contributed by atoms with van der Waals surface area (Å²) in [4.78, 5) is 26.8. The fraction of sp³-hybridized carbons (Fsp3) is 0.200. The maximum atomic E-state index is 12.4. The minimum absolute atomic E-state index is 0.162. The fourth-order valence-electron chi connectivity index (χ4n) is 2.57. The molecule has 0 spiro atoms. The zero-order valence-electron chi connectivity index (χ0n) is 15.4. The normalized spacial score (nSPS) is 12.1. The van der Waals surface area contributed by atoms with Gasteiger partial charge in [0.2, 0.25) is 11.9 Å². The number of hydrogen-bond acceptors (Lipinski definition) is 5. The minimum Gasteiger partial charge on any atom is -0.347 e. The summed E-state index contributed by atoms with van der Waals surface area (Å²) in [6, 6.07) is 9.71. The molecule has 0 saturated heterocycles. The number of aromatic nitrogens is 4. The third kappa shape index (κ3) is 5.24.